The van der Waals surface area contributed by atoms with Crippen LogP contribution in [0.4, 0.5) is 0 Å². The Bertz CT molecular complexity index is 196. The van der Waals surface area contributed by atoms with Crippen LogP contribution in [0.15, 0.2) is 0 Å². The normalized spacial score (nSPS) is 29.0. The van der Waals surface area contributed by atoms with E-state index in [9.17, 15) is 4.79 Å². The molecule has 1 heterocycles. The maximum Gasteiger partial charge on any atom is 0.238 e. The van der Waals surface area contributed by atoms with E-state index in [0.29, 0.717) is 6.04 Å². The second-order valence-electron chi connectivity index (χ2n) is 4.20. The lowest BCUT2D eigenvalue weighted by atomic mass is 10.2. The third-order valence-corrected chi connectivity index (χ3v) is 3.06. The van der Waals surface area contributed by atoms with Crippen LogP contribution in [0.3, 0.4) is 0 Å². The highest BCUT2D eigenvalue weighted by Gasteiger charge is 2.24. The quantitative estimate of drug-likeness (QED) is 0.565. The van der Waals surface area contributed by atoms with E-state index < -0.39 is 0 Å². The van der Waals surface area contributed by atoms with Crippen LogP contribution >= 0.6 is 0 Å². The van der Waals surface area contributed by atoms with E-state index in [1.54, 1.807) is 0 Å². The monoisotopic (exact) mass is 197 g/mol. The second kappa shape index (κ2) is 4.75. The Hall–Kier alpha value is -0.610. The molecule has 0 bridgehead atoms. The molecular weight excluding hydrogens is 178 g/mol. The molecule has 1 atom stereocenters. The van der Waals surface area contributed by atoms with Gasteiger partial charge in [0.05, 0.1) is 6.04 Å². The fraction of sp³-hybridized carbons (Fsp3) is 0.900. The van der Waals surface area contributed by atoms with Crippen LogP contribution in [-0.2, 0) is 4.79 Å². The molecule has 1 saturated carbocycles. The van der Waals surface area contributed by atoms with Gasteiger partial charge < -0.3 is 16.0 Å². The van der Waals surface area contributed by atoms with Crippen LogP contribution in [0.1, 0.15) is 25.7 Å². The summed E-state index contributed by atoms with van der Waals surface area (Å²) in [5, 5.41) is 9.54. The predicted molar refractivity (Wildman–Crippen MR) is 55.1 cm³/mol. The topological polar surface area (TPSA) is 53.2 Å². The molecule has 14 heavy (non-hydrogen) atoms. The lowest BCUT2D eigenvalue weighted by molar-refractivity contribution is -0.124. The van der Waals surface area contributed by atoms with Crippen molar-refractivity contribution in [1.82, 2.24) is 16.0 Å². The van der Waals surface area contributed by atoms with Gasteiger partial charge in [-0.25, -0.2) is 0 Å². The zero-order chi connectivity index (χ0) is 9.80. The van der Waals surface area contributed by atoms with Gasteiger partial charge in [-0.15, -0.1) is 0 Å². The molecule has 1 aliphatic heterocycles. The van der Waals surface area contributed by atoms with Crippen LogP contribution in [0.5, 0.6) is 0 Å². The molecule has 0 aromatic heterocycles. The van der Waals surface area contributed by atoms with Gasteiger partial charge in [0.1, 0.15) is 0 Å². The zero-order valence-electron chi connectivity index (χ0n) is 8.51. The molecule has 0 aromatic carbocycles. The smallest absolute Gasteiger partial charge is 0.238 e. The summed E-state index contributed by atoms with van der Waals surface area (Å²) in [6.07, 6.45) is 4.85. The average Bonchev–Trinajstić information content (AvgIpc) is 2.72. The van der Waals surface area contributed by atoms with Gasteiger partial charge in [-0.1, -0.05) is 12.8 Å². The minimum Gasteiger partial charge on any atom is -0.352 e. The summed E-state index contributed by atoms with van der Waals surface area (Å²) in [6, 6.07) is 0.413. The number of hydrogen-bond acceptors (Lipinski definition) is 3. The number of nitrogens with one attached hydrogen (secondary N) is 3. The molecule has 2 rings (SSSR count). The Morgan fingerprint density at radius 2 is 2.00 bits per heavy atom. The van der Waals surface area contributed by atoms with Crippen molar-refractivity contribution in [1.29, 1.82) is 0 Å². The van der Waals surface area contributed by atoms with Crippen LogP contribution in [0, 0.1) is 0 Å². The maximum absolute atomic E-state index is 11.7. The van der Waals surface area contributed by atoms with E-state index >= 15 is 0 Å². The molecule has 4 nitrogen and oxygen atoms in total. The Kier molecular flexibility index (Phi) is 3.37. The van der Waals surface area contributed by atoms with Gasteiger partial charge in [0.25, 0.3) is 0 Å². The number of carbonyl (C=O) groups excluding carboxylic acids is 1. The van der Waals surface area contributed by atoms with Crippen molar-refractivity contribution >= 4 is 5.91 Å². The first kappa shape index (κ1) is 9.93. The molecule has 3 N–H and O–H groups in total. The third kappa shape index (κ3) is 2.45. The van der Waals surface area contributed by atoms with E-state index in [1.165, 1.54) is 12.8 Å². The summed E-state index contributed by atoms with van der Waals surface area (Å²) in [7, 11) is 0. The Morgan fingerprint density at radius 1 is 1.21 bits per heavy atom. The fourth-order valence-corrected chi connectivity index (χ4v) is 2.21. The molecule has 0 aromatic rings. The molecule has 2 fully saturated rings. The van der Waals surface area contributed by atoms with Gasteiger partial charge in [-0.05, 0) is 12.8 Å². The Morgan fingerprint density at radius 3 is 2.64 bits per heavy atom. The summed E-state index contributed by atoms with van der Waals surface area (Å²) >= 11 is 0. The number of rotatable bonds is 2. The molecule has 4 heteroatoms. The van der Waals surface area contributed by atoms with E-state index in [1.807, 2.05) is 0 Å². The lowest BCUT2D eigenvalue weighted by Gasteiger charge is -2.25. The first-order valence-corrected chi connectivity index (χ1v) is 5.61. The number of piperazine rings is 1. The summed E-state index contributed by atoms with van der Waals surface area (Å²) < 4.78 is 0. The summed E-state index contributed by atoms with van der Waals surface area (Å²) in [4.78, 5) is 11.7. The van der Waals surface area contributed by atoms with Crippen molar-refractivity contribution in [3.63, 3.8) is 0 Å². The minimum atomic E-state index is -0.0238. The van der Waals surface area contributed by atoms with Crippen LogP contribution in [0.25, 0.3) is 0 Å². The van der Waals surface area contributed by atoms with Crippen LogP contribution in [-0.4, -0.2) is 37.6 Å². The third-order valence-electron chi connectivity index (χ3n) is 3.06. The first-order valence-electron chi connectivity index (χ1n) is 5.61. The standard InChI is InChI=1S/C10H19N3O/c14-10(9-7-11-5-6-12-9)13-8-3-1-2-4-8/h8-9,11-12H,1-7H2,(H,13,14). The number of hydrogen-bond donors (Lipinski definition) is 3. The van der Waals surface area contributed by atoms with E-state index in [4.69, 9.17) is 0 Å². The Labute approximate surface area is 84.8 Å². The lowest BCUT2D eigenvalue weighted by Crippen LogP contribution is -2.56. The fourth-order valence-electron chi connectivity index (χ4n) is 2.21. The molecule has 0 radical (unpaired) electrons. The summed E-state index contributed by atoms with van der Waals surface area (Å²) in [6.45, 7) is 2.62. The van der Waals surface area contributed by atoms with Gasteiger partial charge in [-0.2, -0.15) is 0 Å². The molecule has 1 unspecified atom stereocenters. The van der Waals surface area contributed by atoms with E-state index in [2.05, 4.69) is 16.0 Å². The van der Waals surface area contributed by atoms with E-state index in [0.717, 1.165) is 32.5 Å². The average molecular weight is 197 g/mol. The maximum atomic E-state index is 11.7. The Balaban J connectivity index is 1.75. The van der Waals surface area contributed by atoms with Crippen molar-refractivity contribution in [2.75, 3.05) is 19.6 Å². The molecule has 0 spiro atoms. The van der Waals surface area contributed by atoms with Crippen molar-refractivity contribution in [2.24, 2.45) is 0 Å². The summed E-state index contributed by atoms with van der Waals surface area (Å²) in [5.74, 6) is 0.170. The van der Waals surface area contributed by atoms with Crippen molar-refractivity contribution in [3.05, 3.63) is 0 Å². The van der Waals surface area contributed by atoms with Gasteiger partial charge in [0, 0.05) is 25.7 Å². The molecule has 1 amide bonds. The molecule has 1 saturated heterocycles. The van der Waals surface area contributed by atoms with Gasteiger partial charge >= 0.3 is 0 Å². The van der Waals surface area contributed by atoms with Gasteiger partial charge in [-0.3, -0.25) is 4.79 Å². The highest BCUT2D eigenvalue weighted by atomic mass is 16.2. The largest absolute Gasteiger partial charge is 0.352 e. The van der Waals surface area contributed by atoms with Crippen molar-refractivity contribution in [2.45, 2.75) is 37.8 Å². The van der Waals surface area contributed by atoms with Gasteiger partial charge in [0.15, 0.2) is 0 Å². The predicted octanol–water partition coefficient (Wildman–Crippen LogP) is -0.393. The molecular formula is C10H19N3O. The SMILES string of the molecule is O=C(NC1CCCC1)C1CNCCN1. The van der Waals surface area contributed by atoms with Crippen LogP contribution < -0.4 is 16.0 Å². The molecule has 80 valence electrons. The highest BCUT2D eigenvalue weighted by Crippen LogP contribution is 2.17. The van der Waals surface area contributed by atoms with Crippen LogP contribution in [0.2, 0.25) is 0 Å². The first-order chi connectivity index (χ1) is 6.86. The van der Waals surface area contributed by atoms with E-state index in [-0.39, 0.29) is 11.9 Å². The summed E-state index contributed by atoms with van der Waals surface area (Å²) in [5.41, 5.74) is 0. The minimum absolute atomic E-state index is 0.0238. The van der Waals surface area contributed by atoms with Crippen molar-refractivity contribution < 1.29 is 4.79 Å². The number of amides is 1. The van der Waals surface area contributed by atoms with Crippen molar-refractivity contribution in [3.8, 4) is 0 Å². The molecule has 1 aliphatic carbocycles. The number of carbonyl (C=O) groups is 1. The van der Waals surface area contributed by atoms with Gasteiger partial charge in [0.2, 0.25) is 5.91 Å². The zero-order valence-corrected chi connectivity index (χ0v) is 8.51. The molecule has 2 aliphatic rings. The highest BCUT2D eigenvalue weighted by molar-refractivity contribution is 5.82. The second-order valence-corrected chi connectivity index (χ2v) is 4.20.